The molecule has 0 heterocycles. The van der Waals surface area contributed by atoms with Gasteiger partial charge in [0, 0.05) is 23.4 Å². The molecule has 0 amide bonds. The topological polar surface area (TPSA) is 29.5 Å². The lowest BCUT2D eigenvalue weighted by atomic mass is 9.28. The number of ether oxygens (including phenoxy) is 1. The molecule has 37 rings (SSSR count). The molecule has 0 aromatic heterocycles. The molecule has 0 saturated heterocycles. The highest BCUT2D eigenvalue weighted by Gasteiger charge is 2.78. The third kappa shape index (κ3) is 16.5. The van der Waals surface area contributed by atoms with Crippen LogP contribution in [0.25, 0.3) is 0 Å². The molecular weight excluding hydrogens is 1510 g/mol. The molecule has 1 N–H and O–H groups in total. The highest BCUT2D eigenvalue weighted by molar-refractivity contribution is 5.30. The van der Waals surface area contributed by atoms with E-state index in [2.05, 4.69) is 200 Å². The highest BCUT2D eigenvalue weighted by Crippen LogP contribution is 2.84. The van der Waals surface area contributed by atoms with Crippen molar-refractivity contribution in [1.29, 1.82) is 0 Å². The fraction of sp³-hybridized carbons (Fsp3) is 0.983. The van der Waals surface area contributed by atoms with Gasteiger partial charge in [0.25, 0.3) is 5.92 Å². The van der Waals surface area contributed by atoms with Gasteiger partial charge in [-0.1, -0.05) is 206 Å². The first-order chi connectivity index (χ1) is 56.4. The van der Waals surface area contributed by atoms with Crippen molar-refractivity contribution in [1.82, 2.24) is 0 Å². The van der Waals surface area contributed by atoms with Crippen LogP contribution in [0.1, 0.15) is 497 Å². The number of rotatable bonds is 16. The molecule has 37 fully saturated rings. The second kappa shape index (κ2) is 31.7. The zero-order valence-electron chi connectivity index (χ0n) is 86.9. The quantitative estimate of drug-likeness (QED) is 0.123. The van der Waals surface area contributed by atoms with Crippen LogP contribution in [0.15, 0.2) is 0 Å². The molecule has 37 saturated carbocycles. The molecule has 2 nitrogen and oxygen atoms in total. The van der Waals surface area contributed by atoms with E-state index in [4.69, 9.17) is 11.2 Å². The molecule has 0 aromatic rings. The van der Waals surface area contributed by atoms with Gasteiger partial charge >= 0.3 is 0 Å². The molecule has 0 radical (unpaired) electrons. The Morgan fingerprint density at radius 3 is 0.764 bits per heavy atom. The van der Waals surface area contributed by atoms with Crippen LogP contribution in [-0.2, 0) is 4.74 Å². The van der Waals surface area contributed by atoms with Gasteiger partial charge in [-0.2, -0.15) is 0 Å². The van der Waals surface area contributed by atoms with E-state index in [0.29, 0.717) is 49.4 Å². The Kier molecular flexibility index (Phi) is 25.3. The number of alkyl halides is 4. The summed E-state index contributed by atoms with van der Waals surface area (Å²) in [6.07, 6.45) is 63.9. The van der Waals surface area contributed by atoms with Crippen LogP contribution < -0.4 is 0 Å². The van der Waals surface area contributed by atoms with E-state index in [1.165, 1.54) is 141 Å². The number of aliphatic hydroxyl groups is 1. The Hall–Kier alpha value is -0.800. The molecule has 0 aliphatic heterocycles. The minimum absolute atomic E-state index is 0.143. The van der Waals surface area contributed by atoms with Crippen LogP contribution in [0.5, 0.6) is 0 Å². The second-order valence-electron chi connectivity index (χ2n) is 59.0. The number of terminal acetylenes is 1. The van der Waals surface area contributed by atoms with Crippen molar-refractivity contribution in [3.05, 3.63) is 0 Å². The van der Waals surface area contributed by atoms with E-state index >= 15 is 0 Å². The van der Waals surface area contributed by atoms with Gasteiger partial charge in [-0.3, -0.25) is 0 Å². The number of methoxy groups -OCH3 is 1. The summed E-state index contributed by atoms with van der Waals surface area (Å²) in [5.74, 6) is 13.1. The van der Waals surface area contributed by atoms with E-state index in [9.17, 15) is 22.7 Å². The third-order valence-electron chi connectivity index (χ3n) is 47.5. The lowest BCUT2D eigenvalue weighted by Crippen LogP contribution is -2.70. The standard InChI is InChI=1S/C12H20.C11H19F.C11H20O.C10H16F2.C10H17F.C10H14.C9H16O.4C9H16.C8H14/c1-9(2)11-6-12(7-11,8-11)10-4-3-5-10;2*1-9(2)10-3-6-11(12,7-4-10)8-5-10;1-7(2)9-4-10(5-9,6-9)8(3,11)12;1-7(2)9-4-10(5-9,6-9)8(3)11;1-4-9-5-10(6-9,7-9)8(2)3;1-7(2)8-4-9(5-8,6-8)10-3;4*1-7(2)9-4-8(3,5-9)6-9;1-6(2)8-3-7(4-8)5-8/h9-10H,3-8H2,1-2H3;9H,3-8H2,1-2H3;9,12H,3-8H2,1-2H3;7H,4-6H2,1-3H3;7-8H,4-6H2,1-3H3;1,8H,5-7H2,2-3H3;7H,4-6H2,1-3H3;4*7H,4-6H2,1-3H3;6-7H,3-5H2,1-2H3. The zero-order chi connectivity index (χ0) is 90.9. The zero-order valence-corrected chi connectivity index (χ0v) is 86.9. The van der Waals surface area contributed by atoms with Gasteiger partial charge in [0.2, 0.25) is 0 Å². The van der Waals surface area contributed by atoms with Crippen molar-refractivity contribution < 1.29 is 27.4 Å². The summed E-state index contributed by atoms with van der Waals surface area (Å²) in [6.45, 7) is 68.5. The normalized spacial score (nSPS) is 50.5. The van der Waals surface area contributed by atoms with Crippen molar-refractivity contribution in [2.45, 2.75) is 526 Å². The third-order valence-corrected chi connectivity index (χ3v) is 47.5. The first-order valence-corrected chi connectivity index (χ1v) is 53.8. The van der Waals surface area contributed by atoms with Crippen LogP contribution in [0.4, 0.5) is 17.6 Å². The van der Waals surface area contributed by atoms with Crippen molar-refractivity contribution in [2.24, 2.45) is 191 Å². The van der Waals surface area contributed by atoms with Gasteiger partial charge in [0.05, 0.1) is 11.2 Å². The highest BCUT2D eigenvalue weighted by atomic mass is 19.3. The fourth-order valence-corrected chi connectivity index (χ4v) is 35.5. The first-order valence-electron chi connectivity index (χ1n) is 53.8. The monoisotopic (exact) mass is 1710 g/mol. The lowest BCUT2D eigenvalue weighted by Gasteiger charge is -2.77. The average Bonchev–Trinajstić information content (AvgIpc) is 0.661. The predicted molar refractivity (Wildman–Crippen MR) is 513 cm³/mol. The largest absolute Gasteiger partial charge is 0.390 e. The summed E-state index contributed by atoms with van der Waals surface area (Å²) in [5, 5.41) is 10.0. The smallest absolute Gasteiger partial charge is 0.250 e. The van der Waals surface area contributed by atoms with Gasteiger partial charge < -0.3 is 9.84 Å². The van der Waals surface area contributed by atoms with E-state index in [0.717, 1.165) is 240 Å². The Morgan fingerprint density at radius 2 is 0.569 bits per heavy atom. The summed E-state index contributed by atoms with van der Waals surface area (Å²) in [6, 6.07) is 0. The van der Waals surface area contributed by atoms with Gasteiger partial charge in [-0.25, -0.2) is 17.6 Å². The van der Waals surface area contributed by atoms with Gasteiger partial charge in [-0.15, -0.1) is 6.42 Å². The molecule has 37 aliphatic carbocycles. The summed E-state index contributed by atoms with van der Waals surface area (Å²) >= 11 is 0. The molecule has 37 aliphatic rings. The predicted octanol–water partition coefficient (Wildman–Crippen LogP) is 35.1. The SMILES string of the molecule is C#CC12CC(C(C)C)(C1)C2.CC(C)C12CC(C(C)(F)F)(C1)C2.CC(C)C12CC(C(C)F)(C1)C2.CC(C)C12CC(C)(C1)C2.CC(C)C12CC(C)(C1)C2.CC(C)C12CC(C)(C1)C2.CC(C)C12CC(C)(C1)C2.CC(C)C12CC(C1)C2.CC(C)C12CC(C3CCC3)(C1)C2.CC(C)C12CCC(F)(CC1)CC2.CC(C)C12CCC(O)(CC1)CC2.COC12CC(C(C)C)(C1)C2. The maximum atomic E-state index is 13.8. The Morgan fingerprint density at radius 1 is 0.325 bits per heavy atom. The molecule has 1 unspecified atom stereocenters. The average molecular weight is 1710 g/mol. The minimum Gasteiger partial charge on any atom is -0.390 e. The van der Waals surface area contributed by atoms with Crippen LogP contribution >= 0.6 is 0 Å². The van der Waals surface area contributed by atoms with Crippen LogP contribution in [-0.4, -0.2) is 41.2 Å². The molecule has 1 atom stereocenters. The van der Waals surface area contributed by atoms with Crippen molar-refractivity contribution in [3.63, 3.8) is 0 Å². The summed E-state index contributed by atoms with van der Waals surface area (Å²) in [4.78, 5) is 0. The first kappa shape index (κ1) is 98.2. The number of fused-ring (bicyclic) bond motifs is 6. The molecule has 24 bridgehead atoms. The molecule has 708 valence electrons. The number of hydrogen-bond donors (Lipinski definition) is 1. The molecule has 0 aromatic carbocycles. The molecule has 0 spiro atoms. The van der Waals surface area contributed by atoms with Gasteiger partial charge in [0.1, 0.15) is 11.8 Å². The van der Waals surface area contributed by atoms with Gasteiger partial charge in [-0.05, 0) is 471 Å². The van der Waals surface area contributed by atoms with Crippen molar-refractivity contribution >= 4 is 0 Å². The fourth-order valence-electron chi connectivity index (χ4n) is 35.5. The Balaban J connectivity index is 0.000000110. The molecule has 123 heavy (non-hydrogen) atoms. The number of hydrogen-bond acceptors (Lipinski definition) is 2. The maximum absolute atomic E-state index is 13.8. The number of halogens is 4. The summed E-state index contributed by atoms with van der Waals surface area (Å²) in [7, 11) is 1.85. The van der Waals surface area contributed by atoms with Gasteiger partial charge in [0.15, 0.2) is 0 Å². The lowest BCUT2D eigenvalue weighted by molar-refractivity contribution is -0.323. The minimum atomic E-state index is -2.44. The van der Waals surface area contributed by atoms with E-state index in [1.807, 2.05) is 7.11 Å². The van der Waals surface area contributed by atoms with Crippen molar-refractivity contribution in [3.8, 4) is 12.3 Å². The van der Waals surface area contributed by atoms with E-state index in [1.54, 1.807) is 58.3 Å². The van der Waals surface area contributed by atoms with Crippen molar-refractivity contribution in [2.75, 3.05) is 7.11 Å². The summed E-state index contributed by atoms with van der Waals surface area (Å²) in [5.41, 5.74) is 11.8. The van der Waals surface area contributed by atoms with E-state index in [-0.39, 0.29) is 11.0 Å². The van der Waals surface area contributed by atoms with Crippen LogP contribution in [0.3, 0.4) is 0 Å². The van der Waals surface area contributed by atoms with Crippen LogP contribution in [0, 0.1) is 203 Å². The maximum Gasteiger partial charge on any atom is 0.250 e. The Labute approximate surface area is 759 Å². The Bertz CT molecular complexity index is 3310. The summed E-state index contributed by atoms with van der Waals surface area (Å²) < 4.78 is 58.2. The molecule has 6 heteroatoms. The van der Waals surface area contributed by atoms with Crippen LogP contribution in [0.2, 0.25) is 0 Å². The second-order valence-corrected chi connectivity index (χ2v) is 59.0. The molecular formula is C117H200F4O2. The van der Waals surface area contributed by atoms with E-state index < -0.39 is 23.2 Å².